The molecule has 80 heavy (non-hydrogen) atoms. The first-order valence-electron chi connectivity index (χ1n) is 26.0. The minimum atomic E-state index is -3.67. The zero-order valence-electron chi connectivity index (χ0n) is 46.0. The number of benzene rings is 8. The molecule has 0 saturated carbocycles. The van der Waals surface area contributed by atoms with Crippen molar-refractivity contribution >= 4 is 102 Å². The molecule has 416 valence electrons. The molecule has 0 aliphatic heterocycles. The van der Waals surface area contributed by atoms with E-state index in [9.17, 15) is 26.4 Å². The van der Waals surface area contributed by atoms with Crippen LogP contribution in [0.25, 0.3) is 0 Å². The molecule has 0 amide bonds. The number of hydrogen-bond donors (Lipinski definition) is 0. The van der Waals surface area contributed by atoms with Crippen LogP contribution in [0.1, 0.15) is 108 Å². The van der Waals surface area contributed by atoms with Gasteiger partial charge in [0.25, 0.3) is 0 Å². The molecule has 0 unspecified atom stereocenters. The van der Waals surface area contributed by atoms with Crippen LogP contribution in [-0.2, 0) is 40.0 Å². The fourth-order valence-electron chi connectivity index (χ4n) is 8.43. The van der Waals surface area contributed by atoms with Gasteiger partial charge in [0, 0.05) is 0 Å². The fraction of sp³-hybridized carbons (Fsp3) is 0.242. The third kappa shape index (κ3) is 17.8. The fourth-order valence-corrected chi connectivity index (χ4v) is 19.1. The molecule has 0 aliphatic carbocycles. The Morgan fingerprint density at radius 2 is 0.725 bits per heavy atom. The van der Waals surface area contributed by atoms with Gasteiger partial charge in [-0.15, -0.1) is 0 Å². The van der Waals surface area contributed by atoms with Gasteiger partial charge in [-0.25, -0.2) is 0 Å². The molecule has 8 rings (SSSR count). The average molecular weight is 1370 g/mol. The molecule has 0 saturated heterocycles. The predicted octanol–water partition coefficient (Wildman–Crippen LogP) is 14.5. The number of halogens is 2. The predicted molar refractivity (Wildman–Crippen MR) is 333 cm³/mol. The molecular formula is C66H66Br2O8S2Se2. The van der Waals surface area contributed by atoms with Gasteiger partial charge in [-0.05, 0) is 0 Å². The summed E-state index contributed by atoms with van der Waals surface area (Å²) in [5.41, 5.74) is 6.54. The molecule has 4 atom stereocenters. The van der Waals surface area contributed by atoms with Gasteiger partial charge in [-0.1, -0.05) is 0 Å². The summed E-state index contributed by atoms with van der Waals surface area (Å²) in [6, 6.07) is 63.5. The second-order valence-electron chi connectivity index (χ2n) is 21.5. The van der Waals surface area contributed by atoms with E-state index in [0.29, 0.717) is 11.1 Å². The van der Waals surface area contributed by atoms with E-state index in [-0.39, 0.29) is 62.0 Å². The van der Waals surface area contributed by atoms with Crippen LogP contribution in [-0.4, -0.2) is 70.2 Å². The molecule has 0 aromatic heterocycles. The van der Waals surface area contributed by atoms with Crippen LogP contribution in [0.3, 0.4) is 0 Å². The molecule has 8 aromatic carbocycles. The maximum absolute atomic E-state index is 13.7. The van der Waals surface area contributed by atoms with Crippen LogP contribution < -0.4 is 8.92 Å². The van der Waals surface area contributed by atoms with Crippen molar-refractivity contribution in [2.75, 3.05) is 11.5 Å². The van der Waals surface area contributed by atoms with E-state index in [1.54, 1.807) is 97.1 Å². The van der Waals surface area contributed by atoms with E-state index in [2.05, 4.69) is 73.4 Å². The number of carbonyl (C=O) groups excluding carboxylic acids is 2. The maximum atomic E-state index is 13.7. The van der Waals surface area contributed by atoms with E-state index in [1.165, 1.54) is 0 Å². The van der Waals surface area contributed by atoms with E-state index >= 15 is 0 Å². The van der Waals surface area contributed by atoms with Crippen LogP contribution in [0.5, 0.6) is 0 Å². The quantitative estimate of drug-likeness (QED) is 0.0615. The Labute approximate surface area is 503 Å². The number of sulfone groups is 2. The van der Waals surface area contributed by atoms with Crippen LogP contribution in [0, 0.1) is 13.8 Å². The Morgan fingerprint density at radius 3 is 1.01 bits per heavy atom. The number of aryl methyl sites for hydroxylation is 2. The topological polar surface area (TPSA) is 121 Å². The minimum absolute atomic E-state index is 0.0513. The number of hydrogen-bond acceptors (Lipinski definition) is 8. The number of rotatable bonds is 18. The number of carbonyl (C=O) groups is 2. The van der Waals surface area contributed by atoms with Crippen molar-refractivity contribution in [2.24, 2.45) is 0 Å². The Balaban J connectivity index is 0.000000231. The normalized spacial score (nSPS) is 13.4. The first kappa shape index (κ1) is 62.2. The summed E-state index contributed by atoms with van der Waals surface area (Å²) in [7, 11) is -7.34. The molecular weight excluding hydrogens is 1300 g/mol. The first-order valence-corrected chi connectivity index (χ1v) is 34.6. The number of esters is 2. The van der Waals surface area contributed by atoms with Crippen molar-refractivity contribution in [1.29, 1.82) is 0 Å². The van der Waals surface area contributed by atoms with Gasteiger partial charge in [-0.2, -0.15) is 0 Å². The van der Waals surface area contributed by atoms with Gasteiger partial charge >= 0.3 is 507 Å². The molecule has 0 fully saturated rings. The van der Waals surface area contributed by atoms with Gasteiger partial charge < -0.3 is 0 Å². The molecule has 0 N–H and O–H groups in total. The second kappa shape index (κ2) is 27.6. The van der Waals surface area contributed by atoms with Crippen molar-refractivity contribution in [1.82, 2.24) is 0 Å². The van der Waals surface area contributed by atoms with Crippen LogP contribution in [0.4, 0.5) is 0 Å². The summed E-state index contributed by atoms with van der Waals surface area (Å²) in [5.74, 6) is -1.27. The molecule has 14 heteroatoms. The van der Waals surface area contributed by atoms with Crippen molar-refractivity contribution < 1.29 is 35.9 Å². The summed E-state index contributed by atoms with van der Waals surface area (Å²) >= 11 is 6.19. The summed E-state index contributed by atoms with van der Waals surface area (Å²) in [6.07, 6.45) is -1.52. The Hall–Kier alpha value is -5.40. The third-order valence-corrected chi connectivity index (χ3v) is 24.0. The molecule has 0 radical (unpaired) electrons. The van der Waals surface area contributed by atoms with Crippen LogP contribution in [0.2, 0.25) is 9.63 Å². The number of ether oxygens (including phenoxy) is 2. The summed E-state index contributed by atoms with van der Waals surface area (Å²) < 4.78 is 71.1. The second-order valence-corrected chi connectivity index (χ2v) is 32.9. The molecule has 8 nitrogen and oxygen atoms in total. The van der Waals surface area contributed by atoms with E-state index in [1.807, 2.05) is 123 Å². The molecule has 0 bridgehead atoms. The summed E-state index contributed by atoms with van der Waals surface area (Å²) in [4.78, 5) is 26.4. The van der Waals surface area contributed by atoms with Crippen molar-refractivity contribution in [3.05, 3.63) is 260 Å². The van der Waals surface area contributed by atoms with Crippen LogP contribution in [0.15, 0.2) is 225 Å². The van der Waals surface area contributed by atoms with Crippen molar-refractivity contribution in [3.8, 4) is 0 Å². The van der Waals surface area contributed by atoms with Gasteiger partial charge in [0.15, 0.2) is 0 Å². The van der Waals surface area contributed by atoms with E-state index in [0.717, 1.165) is 51.2 Å². The SMILES string of the molecule is Cc1ccc(S(=O)(=O)C[C@H]([Se]c2ccccc2)[C@@H](OC(=O)c2ccc(Br)cc2)c2ccc(C(C)(C)C)cc2)cc1.Cc1ccc(S(=O)(=O)C[C@H]([Se]c2ccccc2)[C@@H](OC(=O)c2ccc(Br)cc2)c2ccc(C(C)(C)C)cc2)cc1. The zero-order valence-corrected chi connectivity index (χ0v) is 54.2. The van der Waals surface area contributed by atoms with Crippen molar-refractivity contribution in [2.45, 2.75) is 97.9 Å². The van der Waals surface area contributed by atoms with Gasteiger partial charge in [-0.3, -0.25) is 0 Å². The monoisotopic (exact) mass is 1370 g/mol. The van der Waals surface area contributed by atoms with E-state index in [4.69, 9.17) is 9.47 Å². The van der Waals surface area contributed by atoms with E-state index < -0.39 is 53.5 Å². The van der Waals surface area contributed by atoms with Gasteiger partial charge in [0.1, 0.15) is 0 Å². The Bertz CT molecular complexity index is 3300. The summed E-state index contributed by atoms with van der Waals surface area (Å²) in [5, 5.41) is 0. The average Bonchev–Trinajstić information content (AvgIpc) is 3.48. The van der Waals surface area contributed by atoms with Crippen molar-refractivity contribution in [3.63, 3.8) is 0 Å². The molecule has 0 spiro atoms. The Kier molecular flexibility index (Phi) is 21.4. The zero-order chi connectivity index (χ0) is 57.8. The first-order chi connectivity index (χ1) is 37.8. The molecule has 0 heterocycles. The molecule has 0 aliphatic rings. The van der Waals surface area contributed by atoms with Gasteiger partial charge in [0.2, 0.25) is 0 Å². The van der Waals surface area contributed by atoms with Crippen LogP contribution >= 0.6 is 31.9 Å². The third-order valence-electron chi connectivity index (χ3n) is 13.1. The molecule has 8 aromatic rings. The van der Waals surface area contributed by atoms with Gasteiger partial charge in [0.05, 0.1) is 0 Å². The summed E-state index contributed by atoms with van der Waals surface area (Å²) in [6.45, 7) is 16.7. The standard InChI is InChI=1S/2C33H33BrO4SSe/c2*1-23-10-20-28(21-11-23)39(36,37)22-30(40-29-8-6-5-7-9-29)31(24-12-16-26(17-13-24)33(2,3)4)38-32(35)25-14-18-27(34)19-15-25/h2*5-21,30-31H,22H2,1-4H3/t2*30-,31-/m00/s1. The Morgan fingerprint density at radius 1 is 0.425 bits per heavy atom.